The van der Waals surface area contributed by atoms with Gasteiger partial charge in [0.05, 0.1) is 17.4 Å². The first-order valence-electron chi connectivity index (χ1n) is 10.3. The van der Waals surface area contributed by atoms with Crippen LogP contribution < -0.4 is 9.96 Å². The third-order valence-electron chi connectivity index (χ3n) is 6.00. The molecule has 0 bridgehead atoms. The van der Waals surface area contributed by atoms with Gasteiger partial charge >= 0.3 is 0 Å². The van der Waals surface area contributed by atoms with E-state index in [-0.39, 0.29) is 0 Å². The minimum absolute atomic E-state index is 0.351. The summed E-state index contributed by atoms with van der Waals surface area (Å²) in [4.78, 5) is 34.1. The number of fused-ring (bicyclic) bond motifs is 1. The Morgan fingerprint density at radius 3 is 2.28 bits per heavy atom. The molecular weight excluding hydrogens is 414 g/mol. The number of benzene rings is 3. The van der Waals surface area contributed by atoms with Crippen molar-refractivity contribution in [3.8, 4) is 0 Å². The normalized spacial score (nSPS) is 22.6. The van der Waals surface area contributed by atoms with Crippen molar-refractivity contribution in [1.29, 1.82) is 0 Å². The van der Waals surface area contributed by atoms with Crippen LogP contribution in [-0.2, 0) is 14.4 Å². The maximum absolute atomic E-state index is 14.1. The highest BCUT2D eigenvalue weighted by molar-refractivity contribution is 6.24. The molecule has 0 N–H and O–H groups in total. The Kier molecular flexibility index (Phi) is 4.78. The summed E-state index contributed by atoms with van der Waals surface area (Å²) in [6.45, 7) is 3.76. The molecule has 2 aliphatic heterocycles. The highest BCUT2D eigenvalue weighted by Crippen LogP contribution is 2.48. The van der Waals surface area contributed by atoms with Crippen LogP contribution >= 0.6 is 0 Å². The van der Waals surface area contributed by atoms with Gasteiger partial charge in [0.15, 0.2) is 17.7 Å². The molecule has 162 valence electrons. The average Bonchev–Trinajstić information content (AvgIpc) is 3.28. The van der Waals surface area contributed by atoms with Gasteiger partial charge < -0.3 is 0 Å². The third-order valence-corrected chi connectivity index (χ3v) is 6.00. The van der Waals surface area contributed by atoms with Crippen LogP contribution in [0, 0.1) is 31.4 Å². The molecule has 0 spiro atoms. The summed E-state index contributed by atoms with van der Waals surface area (Å²) in [7, 11) is 0. The lowest BCUT2D eigenvalue weighted by molar-refractivity contribution is -0.126. The zero-order valence-corrected chi connectivity index (χ0v) is 17.5. The molecule has 3 atom stereocenters. The van der Waals surface area contributed by atoms with E-state index in [1.54, 1.807) is 30.3 Å². The van der Waals surface area contributed by atoms with Crippen LogP contribution in [-0.4, -0.2) is 17.9 Å². The Balaban J connectivity index is 1.61. The molecule has 0 radical (unpaired) electrons. The summed E-state index contributed by atoms with van der Waals surface area (Å²) in [5, 5.41) is 1.46. The van der Waals surface area contributed by atoms with Gasteiger partial charge in [0.2, 0.25) is 5.91 Å². The van der Waals surface area contributed by atoms with Crippen molar-refractivity contribution >= 4 is 23.2 Å². The van der Waals surface area contributed by atoms with Crippen LogP contribution in [0.3, 0.4) is 0 Å². The zero-order chi connectivity index (χ0) is 22.6. The second kappa shape index (κ2) is 7.53. The molecule has 0 unspecified atom stereocenters. The molecule has 32 heavy (non-hydrogen) atoms. The van der Waals surface area contributed by atoms with Crippen molar-refractivity contribution < 1.29 is 23.2 Å². The molecule has 0 aromatic heterocycles. The van der Waals surface area contributed by atoms with Crippen molar-refractivity contribution in [2.45, 2.75) is 26.0 Å². The molecule has 2 amide bonds. The van der Waals surface area contributed by atoms with Crippen LogP contribution in [0.2, 0.25) is 0 Å². The number of halogens is 2. The van der Waals surface area contributed by atoms with Gasteiger partial charge in [-0.2, -0.15) is 0 Å². The fourth-order valence-corrected chi connectivity index (χ4v) is 4.54. The molecule has 5 nitrogen and oxygen atoms in total. The Morgan fingerprint density at radius 1 is 0.844 bits per heavy atom. The molecule has 0 aliphatic carbocycles. The topological polar surface area (TPSA) is 49.9 Å². The maximum Gasteiger partial charge on any atom is 0.266 e. The van der Waals surface area contributed by atoms with Gasteiger partial charge in [0, 0.05) is 0 Å². The number of rotatable bonds is 3. The van der Waals surface area contributed by atoms with Gasteiger partial charge in [-0.1, -0.05) is 42.0 Å². The van der Waals surface area contributed by atoms with Crippen molar-refractivity contribution in [3.63, 3.8) is 0 Å². The second-order valence-electron chi connectivity index (χ2n) is 8.13. The van der Waals surface area contributed by atoms with Crippen molar-refractivity contribution in [1.82, 2.24) is 0 Å². The number of imide groups is 1. The lowest BCUT2D eigenvalue weighted by atomic mass is 9.90. The zero-order valence-electron chi connectivity index (χ0n) is 17.5. The SMILES string of the molecule is Cc1ccc(N2C(=O)[C@H]3[C@@H](ON(c4ccccc4)[C@H]3c3ccc(F)c(F)c3)C2=O)c(C)c1. The van der Waals surface area contributed by atoms with Crippen LogP contribution in [0.5, 0.6) is 0 Å². The number of aryl methyl sites for hydroxylation is 2. The molecule has 2 saturated heterocycles. The predicted octanol–water partition coefficient (Wildman–Crippen LogP) is 4.63. The number of hydroxylamine groups is 1. The van der Waals surface area contributed by atoms with E-state index in [0.717, 1.165) is 28.2 Å². The van der Waals surface area contributed by atoms with E-state index < -0.39 is 41.5 Å². The van der Waals surface area contributed by atoms with Crippen LogP contribution in [0.4, 0.5) is 20.2 Å². The van der Waals surface area contributed by atoms with E-state index in [1.807, 2.05) is 32.0 Å². The first-order chi connectivity index (χ1) is 15.4. The summed E-state index contributed by atoms with van der Waals surface area (Å²) in [5.74, 6) is -3.82. The van der Waals surface area contributed by atoms with Gasteiger partial charge in [-0.15, -0.1) is 0 Å². The molecular formula is C25H20F2N2O3. The van der Waals surface area contributed by atoms with Crippen LogP contribution in [0.1, 0.15) is 22.7 Å². The molecule has 2 aliphatic rings. The maximum atomic E-state index is 14.1. The van der Waals surface area contributed by atoms with E-state index in [2.05, 4.69) is 0 Å². The van der Waals surface area contributed by atoms with Crippen molar-refractivity contribution in [3.05, 3.63) is 95.1 Å². The lowest BCUT2D eigenvalue weighted by Crippen LogP contribution is -2.37. The first kappa shape index (κ1) is 20.3. The number of carbonyl (C=O) groups is 2. The number of para-hydroxylation sites is 1. The van der Waals surface area contributed by atoms with Gasteiger partial charge in [0.25, 0.3) is 5.91 Å². The quantitative estimate of drug-likeness (QED) is 0.564. The number of amides is 2. The summed E-state index contributed by atoms with van der Waals surface area (Å²) >= 11 is 0. The Morgan fingerprint density at radius 2 is 1.59 bits per heavy atom. The summed E-state index contributed by atoms with van der Waals surface area (Å²) in [6.07, 6.45) is -1.07. The largest absolute Gasteiger partial charge is 0.273 e. The third kappa shape index (κ3) is 3.08. The van der Waals surface area contributed by atoms with E-state index in [9.17, 15) is 18.4 Å². The number of carbonyl (C=O) groups excluding carboxylic acids is 2. The highest BCUT2D eigenvalue weighted by Gasteiger charge is 2.60. The summed E-state index contributed by atoms with van der Waals surface area (Å²) in [5.41, 5.74) is 3.26. The Bertz CT molecular complexity index is 1230. The van der Waals surface area contributed by atoms with Gasteiger partial charge in [-0.3, -0.25) is 14.4 Å². The summed E-state index contributed by atoms with van der Waals surface area (Å²) < 4.78 is 27.7. The Labute approximate surface area is 183 Å². The molecule has 2 fully saturated rings. The van der Waals surface area contributed by atoms with Crippen molar-refractivity contribution in [2.24, 2.45) is 5.92 Å². The number of anilines is 2. The monoisotopic (exact) mass is 434 g/mol. The fraction of sp³-hybridized carbons (Fsp3) is 0.200. The van der Waals surface area contributed by atoms with Gasteiger partial charge in [0.1, 0.15) is 5.92 Å². The molecule has 5 rings (SSSR count). The van der Waals surface area contributed by atoms with E-state index in [0.29, 0.717) is 16.9 Å². The molecule has 0 saturated carbocycles. The number of hydrogen-bond donors (Lipinski definition) is 0. The number of nitrogens with zero attached hydrogens (tertiary/aromatic N) is 2. The van der Waals surface area contributed by atoms with Crippen LogP contribution in [0.15, 0.2) is 66.7 Å². The average molecular weight is 434 g/mol. The minimum atomic E-state index is -1.07. The number of hydrogen-bond acceptors (Lipinski definition) is 4. The fourth-order valence-electron chi connectivity index (χ4n) is 4.54. The van der Waals surface area contributed by atoms with E-state index in [1.165, 1.54) is 11.1 Å². The van der Waals surface area contributed by atoms with Gasteiger partial charge in [-0.05, 0) is 55.3 Å². The molecule has 2 heterocycles. The summed E-state index contributed by atoms with van der Waals surface area (Å²) in [6, 6.07) is 17.1. The minimum Gasteiger partial charge on any atom is -0.273 e. The van der Waals surface area contributed by atoms with Gasteiger partial charge in [-0.25, -0.2) is 18.7 Å². The molecule has 3 aromatic carbocycles. The molecule has 3 aromatic rings. The van der Waals surface area contributed by atoms with Crippen molar-refractivity contribution in [2.75, 3.05) is 9.96 Å². The van der Waals surface area contributed by atoms with E-state index in [4.69, 9.17) is 4.84 Å². The molecule has 7 heteroatoms. The highest BCUT2D eigenvalue weighted by atomic mass is 19.2. The van der Waals surface area contributed by atoms with Crippen LogP contribution in [0.25, 0.3) is 0 Å². The standard InChI is InChI=1S/C25H20F2N2O3/c1-14-8-11-20(15(2)12-14)28-24(30)21-22(16-9-10-18(26)19(27)13-16)29(32-23(21)25(28)31)17-6-4-3-5-7-17/h3-13,21-23H,1-2H3/t21-,22+,23-/m1/s1. The first-order valence-corrected chi connectivity index (χ1v) is 10.3. The predicted molar refractivity (Wildman–Crippen MR) is 115 cm³/mol. The second-order valence-corrected chi connectivity index (χ2v) is 8.13. The van der Waals surface area contributed by atoms with E-state index >= 15 is 0 Å². The lowest BCUT2D eigenvalue weighted by Gasteiger charge is -2.29. The Hall–Kier alpha value is -3.58. The smallest absolute Gasteiger partial charge is 0.266 e.